The summed E-state index contributed by atoms with van der Waals surface area (Å²) in [5, 5.41) is 3.00. The highest BCUT2D eigenvalue weighted by atomic mass is 28.4. The summed E-state index contributed by atoms with van der Waals surface area (Å²) in [6, 6.07) is -0.199. The summed E-state index contributed by atoms with van der Waals surface area (Å²) in [7, 11) is -2.02. The first kappa shape index (κ1) is 25.6. The Balaban J connectivity index is 1.94. The minimum absolute atomic E-state index is 0.0318. The molecule has 7 nitrogen and oxygen atoms in total. The van der Waals surface area contributed by atoms with Crippen LogP contribution in [0.15, 0.2) is 12.7 Å². The number of hydrogen-bond donors (Lipinski definition) is 1. The van der Waals surface area contributed by atoms with Gasteiger partial charge in [-0.25, -0.2) is 4.79 Å². The van der Waals surface area contributed by atoms with Crippen LogP contribution in [0.1, 0.15) is 47.5 Å². The van der Waals surface area contributed by atoms with Gasteiger partial charge in [0.05, 0.1) is 18.1 Å². The molecule has 176 valence electrons. The van der Waals surface area contributed by atoms with Crippen molar-refractivity contribution in [2.24, 2.45) is 17.8 Å². The number of rotatable bonds is 8. The van der Waals surface area contributed by atoms with Gasteiger partial charge in [-0.15, -0.1) is 0 Å². The summed E-state index contributed by atoms with van der Waals surface area (Å²) in [5.41, 5.74) is 0. The van der Waals surface area contributed by atoms with Crippen LogP contribution >= 0.6 is 0 Å². The molecule has 0 aromatic carbocycles. The Hall–Kier alpha value is -1.67. The van der Waals surface area contributed by atoms with E-state index in [2.05, 4.69) is 45.8 Å². The molecule has 1 unspecified atom stereocenters. The molecule has 31 heavy (non-hydrogen) atoms. The lowest BCUT2D eigenvalue weighted by molar-refractivity contribution is -0.145. The number of β-lactam (4-membered cyclic amide) rings is 1. The Labute approximate surface area is 188 Å². The van der Waals surface area contributed by atoms with Crippen molar-refractivity contribution in [2.75, 3.05) is 19.7 Å². The van der Waals surface area contributed by atoms with Crippen molar-refractivity contribution in [3.8, 4) is 0 Å². The molecule has 4 atom stereocenters. The lowest BCUT2D eigenvalue weighted by Gasteiger charge is -2.47. The average Bonchev–Trinajstić information content (AvgIpc) is 2.67. The van der Waals surface area contributed by atoms with Gasteiger partial charge in [-0.3, -0.25) is 9.59 Å². The van der Waals surface area contributed by atoms with Gasteiger partial charge < -0.3 is 19.4 Å². The third-order valence-electron chi connectivity index (χ3n) is 7.26. The molecule has 2 amide bonds. The number of ether oxygens (including phenoxy) is 1. The molecule has 2 fully saturated rings. The predicted octanol–water partition coefficient (Wildman–Crippen LogP) is 3.75. The van der Waals surface area contributed by atoms with E-state index in [1.807, 2.05) is 13.8 Å². The lowest BCUT2D eigenvalue weighted by Crippen LogP contribution is -2.67. The van der Waals surface area contributed by atoms with E-state index in [1.165, 1.54) is 6.08 Å². The van der Waals surface area contributed by atoms with Gasteiger partial charge in [-0.05, 0) is 37.9 Å². The van der Waals surface area contributed by atoms with Crippen molar-refractivity contribution in [3.05, 3.63) is 12.7 Å². The van der Waals surface area contributed by atoms with Crippen LogP contribution < -0.4 is 5.32 Å². The Morgan fingerprint density at radius 3 is 2.32 bits per heavy atom. The minimum atomic E-state index is -2.02. The van der Waals surface area contributed by atoms with E-state index in [1.54, 1.807) is 4.90 Å². The standard InChI is InChI=1S/C23H40N2O5Si/c1-9-14-29-22(28)25-12-10-17(11-13-25)20(26)15(2)19-18(21(27)24-19)16(3)30-31(7,8)23(4,5)6/h9,15-19H,1,10-14H2,2-8H3,(H,24,27)/t15?,16-,18-,19-/m1/s1. The molecule has 0 spiro atoms. The number of piperidine rings is 1. The second kappa shape index (κ2) is 9.86. The van der Waals surface area contributed by atoms with E-state index >= 15 is 0 Å². The molecule has 0 aliphatic carbocycles. The number of Topliss-reactive ketones (excluding diaryl/α,β-unsaturated/α-hetero) is 1. The topological polar surface area (TPSA) is 84.9 Å². The number of ketones is 1. The van der Waals surface area contributed by atoms with E-state index < -0.39 is 8.32 Å². The fourth-order valence-corrected chi connectivity index (χ4v) is 5.62. The van der Waals surface area contributed by atoms with Gasteiger partial charge >= 0.3 is 6.09 Å². The Bertz CT molecular complexity index is 695. The van der Waals surface area contributed by atoms with Crippen molar-refractivity contribution < 1.29 is 23.5 Å². The van der Waals surface area contributed by atoms with E-state index in [-0.39, 0.29) is 59.3 Å². The van der Waals surface area contributed by atoms with E-state index in [9.17, 15) is 14.4 Å². The summed E-state index contributed by atoms with van der Waals surface area (Å²) in [6.07, 6.45) is 2.19. The van der Waals surface area contributed by atoms with Gasteiger partial charge in [0.2, 0.25) is 5.91 Å². The minimum Gasteiger partial charge on any atom is -0.445 e. The summed E-state index contributed by atoms with van der Waals surface area (Å²) in [5.74, 6) is -0.558. The third kappa shape index (κ3) is 5.77. The van der Waals surface area contributed by atoms with Crippen molar-refractivity contribution >= 4 is 26.1 Å². The molecule has 1 N–H and O–H groups in total. The zero-order valence-electron chi connectivity index (χ0n) is 20.2. The van der Waals surface area contributed by atoms with E-state index in [0.717, 1.165) is 0 Å². The highest BCUT2D eigenvalue weighted by Crippen LogP contribution is 2.40. The van der Waals surface area contributed by atoms with Gasteiger partial charge in [-0.1, -0.05) is 40.3 Å². The van der Waals surface area contributed by atoms with Crippen LogP contribution in [0.3, 0.4) is 0 Å². The average molecular weight is 453 g/mol. The molecule has 0 saturated carbocycles. The first-order valence-electron chi connectivity index (χ1n) is 11.3. The van der Waals surface area contributed by atoms with Gasteiger partial charge in [0.1, 0.15) is 12.4 Å². The molecule has 0 bridgehead atoms. The predicted molar refractivity (Wildman–Crippen MR) is 123 cm³/mol. The van der Waals surface area contributed by atoms with Gasteiger partial charge in [0, 0.05) is 24.9 Å². The zero-order chi connectivity index (χ0) is 23.6. The smallest absolute Gasteiger partial charge is 0.410 e. The highest BCUT2D eigenvalue weighted by Gasteiger charge is 2.51. The second-order valence-electron chi connectivity index (χ2n) is 10.5. The highest BCUT2D eigenvalue weighted by molar-refractivity contribution is 6.74. The molecular weight excluding hydrogens is 412 g/mol. The molecular formula is C23H40N2O5Si. The van der Waals surface area contributed by atoms with Crippen LogP contribution in [0.5, 0.6) is 0 Å². The largest absolute Gasteiger partial charge is 0.445 e. The van der Waals surface area contributed by atoms with Crippen LogP contribution in [-0.2, 0) is 18.8 Å². The van der Waals surface area contributed by atoms with Gasteiger partial charge in [0.25, 0.3) is 0 Å². The number of carbonyl (C=O) groups is 3. The first-order valence-corrected chi connectivity index (χ1v) is 14.3. The van der Waals surface area contributed by atoms with Crippen molar-refractivity contribution in [1.29, 1.82) is 0 Å². The molecule has 2 aliphatic rings. The van der Waals surface area contributed by atoms with Gasteiger partial charge in [-0.2, -0.15) is 0 Å². The maximum Gasteiger partial charge on any atom is 0.410 e. The normalized spacial score (nSPS) is 24.6. The SMILES string of the molecule is C=CCOC(=O)N1CCC(C(=O)C(C)[C@H]2NC(=O)[C@@H]2[C@@H](C)O[Si](C)(C)C(C)(C)C)CC1. The van der Waals surface area contributed by atoms with Crippen molar-refractivity contribution in [3.63, 3.8) is 0 Å². The number of carbonyl (C=O) groups excluding carboxylic acids is 3. The number of nitrogens with zero attached hydrogens (tertiary/aromatic N) is 1. The number of amides is 2. The maximum absolute atomic E-state index is 13.2. The molecule has 8 heteroatoms. The molecule has 2 rings (SSSR count). The van der Waals surface area contributed by atoms with E-state index in [4.69, 9.17) is 9.16 Å². The Morgan fingerprint density at radius 1 is 1.26 bits per heavy atom. The lowest BCUT2D eigenvalue weighted by atomic mass is 9.74. The summed E-state index contributed by atoms with van der Waals surface area (Å²) >= 11 is 0. The monoisotopic (exact) mass is 452 g/mol. The summed E-state index contributed by atoms with van der Waals surface area (Å²) in [4.78, 5) is 39.2. The molecule has 2 heterocycles. The van der Waals surface area contributed by atoms with Crippen LogP contribution in [0, 0.1) is 17.8 Å². The molecule has 0 aromatic heterocycles. The Morgan fingerprint density at radius 2 is 1.84 bits per heavy atom. The number of nitrogens with one attached hydrogen (secondary N) is 1. The molecule has 2 aliphatic heterocycles. The first-order chi connectivity index (χ1) is 14.3. The summed E-state index contributed by atoms with van der Waals surface area (Å²) in [6.45, 7) is 19.5. The molecule has 2 saturated heterocycles. The number of hydrogen-bond acceptors (Lipinski definition) is 5. The van der Waals surface area contributed by atoms with Crippen LogP contribution in [0.25, 0.3) is 0 Å². The fraction of sp³-hybridized carbons (Fsp3) is 0.783. The summed E-state index contributed by atoms with van der Waals surface area (Å²) < 4.78 is 11.5. The van der Waals surface area contributed by atoms with Gasteiger partial charge in [0.15, 0.2) is 8.32 Å². The molecule has 0 radical (unpaired) electrons. The van der Waals surface area contributed by atoms with Crippen LogP contribution in [-0.4, -0.2) is 62.8 Å². The maximum atomic E-state index is 13.2. The quantitative estimate of drug-likeness (QED) is 0.344. The molecule has 0 aromatic rings. The Kier molecular flexibility index (Phi) is 8.14. The van der Waals surface area contributed by atoms with Crippen molar-refractivity contribution in [2.45, 2.75) is 77.7 Å². The third-order valence-corrected chi connectivity index (χ3v) is 11.8. The number of likely N-dealkylation sites (tertiary alicyclic amines) is 1. The zero-order valence-corrected chi connectivity index (χ0v) is 21.2. The van der Waals surface area contributed by atoms with Crippen LogP contribution in [0.4, 0.5) is 4.79 Å². The second-order valence-corrected chi connectivity index (χ2v) is 15.2. The van der Waals surface area contributed by atoms with Crippen LogP contribution in [0.2, 0.25) is 18.1 Å². The van der Waals surface area contributed by atoms with Crippen molar-refractivity contribution in [1.82, 2.24) is 10.2 Å². The fourth-order valence-electron chi connectivity index (χ4n) is 4.19. The van der Waals surface area contributed by atoms with E-state index in [0.29, 0.717) is 25.9 Å².